The highest BCUT2D eigenvalue weighted by atomic mass is 79.9. The average Bonchev–Trinajstić information content (AvgIpc) is 2.71. The molecule has 6 heteroatoms. The maximum absolute atomic E-state index is 13.1. The van der Waals surface area contributed by atoms with Crippen LogP contribution in [0.25, 0.3) is 6.08 Å². The smallest absolute Gasteiger partial charge is 0.272 e. The lowest BCUT2D eigenvalue weighted by Gasteiger charge is -2.12. The molecule has 4 nitrogen and oxygen atoms in total. The highest BCUT2D eigenvalue weighted by Crippen LogP contribution is 2.15. The Morgan fingerprint density at radius 3 is 2.14 bits per heavy atom. The van der Waals surface area contributed by atoms with E-state index in [9.17, 15) is 14.0 Å². The number of rotatable bonds is 5. The second kappa shape index (κ2) is 9.30. The quantitative estimate of drug-likeness (QED) is 0.515. The van der Waals surface area contributed by atoms with Gasteiger partial charge >= 0.3 is 0 Å². The van der Waals surface area contributed by atoms with E-state index in [2.05, 4.69) is 26.6 Å². The maximum Gasteiger partial charge on any atom is 0.272 e. The van der Waals surface area contributed by atoms with Crippen LogP contribution in [0.15, 0.2) is 83.0 Å². The Hall–Kier alpha value is -3.25. The molecule has 0 heterocycles. The third kappa shape index (κ3) is 5.86. The Bertz CT molecular complexity index is 1040. The lowest BCUT2D eigenvalue weighted by Crippen LogP contribution is -2.30. The van der Waals surface area contributed by atoms with E-state index in [4.69, 9.17) is 0 Å². The molecule has 0 aliphatic carbocycles. The molecule has 0 atom stereocenters. The zero-order valence-electron chi connectivity index (χ0n) is 15.6. The number of carbonyl (C=O) groups is 2. The summed E-state index contributed by atoms with van der Waals surface area (Å²) in [6.45, 7) is 1.93. The summed E-state index contributed by atoms with van der Waals surface area (Å²) in [6.07, 6.45) is 1.58. The Kier molecular flexibility index (Phi) is 6.57. The Balaban J connectivity index is 1.86. The number of benzene rings is 3. The van der Waals surface area contributed by atoms with E-state index in [-0.39, 0.29) is 5.70 Å². The van der Waals surface area contributed by atoms with Crippen molar-refractivity contribution in [3.05, 3.63) is 105 Å². The lowest BCUT2D eigenvalue weighted by atomic mass is 10.1. The Morgan fingerprint density at radius 1 is 0.897 bits per heavy atom. The fourth-order valence-electron chi connectivity index (χ4n) is 2.52. The van der Waals surface area contributed by atoms with Crippen molar-refractivity contribution in [2.45, 2.75) is 6.92 Å². The van der Waals surface area contributed by atoms with Crippen LogP contribution in [0.1, 0.15) is 21.5 Å². The van der Waals surface area contributed by atoms with Gasteiger partial charge in [0, 0.05) is 15.7 Å². The van der Waals surface area contributed by atoms with Crippen molar-refractivity contribution in [3.63, 3.8) is 0 Å². The highest BCUT2D eigenvalue weighted by molar-refractivity contribution is 9.10. The summed E-state index contributed by atoms with van der Waals surface area (Å²) in [7, 11) is 0. The summed E-state index contributed by atoms with van der Waals surface area (Å²) in [5, 5.41) is 5.34. The van der Waals surface area contributed by atoms with E-state index in [1.807, 2.05) is 43.3 Å². The van der Waals surface area contributed by atoms with Gasteiger partial charge in [-0.25, -0.2) is 4.39 Å². The van der Waals surface area contributed by atoms with E-state index in [0.29, 0.717) is 11.3 Å². The number of aryl methyl sites for hydroxylation is 1. The Labute approximate surface area is 176 Å². The molecule has 3 rings (SSSR count). The highest BCUT2D eigenvalue weighted by Gasteiger charge is 2.15. The molecule has 0 saturated carbocycles. The zero-order valence-corrected chi connectivity index (χ0v) is 17.2. The fourth-order valence-corrected chi connectivity index (χ4v) is 2.78. The fraction of sp³-hybridized carbons (Fsp3) is 0.0435. The molecule has 0 fully saturated rings. The molecule has 0 aromatic heterocycles. The van der Waals surface area contributed by atoms with Gasteiger partial charge in [0.15, 0.2) is 0 Å². The summed E-state index contributed by atoms with van der Waals surface area (Å²) >= 11 is 3.37. The van der Waals surface area contributed by atoms with Gasteiger partial charge in [0.25, 0.3) is 11.8 Å². The van der Waals surface area contributed by atoms with Crippen molar-refractivity contribution in [1.82, 2.24) is 5.32 Å². The van der Waals surface area contributed by atoms with Crippen molar-refractivity contribution < 1.29 is 14.0 Å². The van der Waals surface area contributed by atoms with Crippen molar-refractivity contribution in [2.24, 2.45) is 0 Å². The molecule has 3 aromatic rings. The minimum absolute atomic E-state index is 0.0715. The zero-order chi connectivity index (χ0) is 20.8. The van der Waals surface area contributed by atoms with Crippen molar-refractivity contribution in [2.75, 3.05) is 5.32 Å². The minimum Gasteiger partial charge on any atom is -0.321 e. The monoisotopic (exact) mass is 452 g/mol. The molecule has 2 amide bonds. The second-order valence-electron chi connectivity index (χ2n) is 6.39. The first kappa shape index (κ1) is 20.5. The first-order chi connectivity index (χ1) is 13.9. The van der Waals surface area contributed by atoms with E-state index < -0.39 is 17.6 Å². The van der Waals surface area contributed by atoms with Gasteiger partial charge in [-0.15, -0.1) is 0 Å². The molecule has 0 unspecified atom stereocenters. The van der Waals surface area contributed by atoms with Crippen molar-refractivity contribution >= 4 is 39.5 Å². The van der Waals surface area contributed by atoms with Crippen LogP contribution in [0, 0.1) is 12.7 Å². The number of hydrogen-bond acceptors (Lipinski definition) is 2. The summed E-state index contributed by atoms with van der Waals surface area (Å²) in [6, 6.07) is 19.7. The number of amides is 2. The average molecular weight is 453 g/mol. The molecule has 3 aromatic carbocycles. The number of anilines is 1. The first-order valence-corrected chi connectivity index (χ1v) is 9.62. The number of halogens is 2. The SMILES string of the molecule is Cc1ccc(C(=O)N/C(=C/c2ccc(Br)cc2)C(=O)Nc2ccc(F)cc2)cc1. The van der Waals surface area contributed by atoms with E-state index in [0.717, 1.165) is 15.6 Å². The molecule has 0 saturated heterocycles. The van der Waals surface area contributed by atoms with Crippen LogP contribution in [-0.4, -0.2) is 11.8 Å². The minimum atomic E-state index is -0.514. The summed E-state index contributed by atoms with van der Waals surface area (Å²) in [5.74, 6) is -1.32. The van der Waals surface area contributed by atoms with Gasteiger partial charge in [0.05, 0.1) is 0 Å². The van der Waals surface area contributed by atoms with Crippen molar-refractivity contribution in [3.8, 4) is 0 Å². The molecule has 0 aliphatic heterocycles. The summed E-state index contributed by atoms with van der Waals surface area (Å²) in [4.78, 5) is 25.4. The summed E-state index contributed by atoms with van der Waals surface area (Å²) < 4.78 is 14.0. The van der Waals surface area contributed by atoms with Gasteiger partial charge in [-0.2, -0.15) is 0 Å². The van der Waals surface area contributed by atoms with Gasteiger partial charge in [0.2, 0.25) is 0 Å². The van der Waals surface area contributed by atoms with Gasteiger partial charge in [0.1, 0.15) is 11.5 Å². The van der Waals surface area contributed by atoms with Gasteiger partial charge in [-0.1, -0.05) is 45.8 Å². The Morgan fingerprint density at radius 2 is 1.52 bits per heavy atom. The van der Waals surface area contributed by atoms with Gasteiger partial charge in [-0.05, 0) is 67.1 Å². The molecule has 0 spiro atoms. The van der Waals surface area contributed by atoms with Crippen LogP contribution < -0.4 is 10.6 Å². The molecular formula is C23H18BrFN2O2. The lowest BCUT2D eigenvalue weighted by molar-refractivity contribution is -0.113. The summed E-state index contributed by atoms with van der Waals surface area (Å²) in [5.41, 5.74) is 2.69. The predicted molar refractivity (Wildman–Crippen MR) is 116 cm³/mol. The molecule has 29 heavy (non-hydrogen) atoms. The van der Waals surface area contributed by atoms with E-state index >= 15 is 0 Å². The van der Waals surface area contributed by atoms with E-state index in [1.165, 1.54) is 24.3 Å². The number of carbonyl (C=O) groups excluding carboxylic acids is 2. The number of hydrogen-bond donors (Lipinski definition) is 2. The normalized spacial score (nSPS) is 11.1. The molecule has 146 valence electrons. The second-order valence-corrected chi connectivity index (χ2v) is 7.31. The van der Waals surface area contributed by atoms with Crippen LogP contribution in [-0.2, 0) is 4.79 Å². The molecule has 0 aliphatic rings. The first-order valence-electron chi connectivity index (χ1n) is 8.83. The van der Waals surface area contributed by atoms with E-state index in [1.54, 1.807) is 18.2 Å². The topological polar surface area (TPSA) is 58.2 Å². The largest absolute Gasteiger partial charge is 0.321 e. The van der Waals surface area contributed by atoms with Crippen LogP contribution in [0.3, 0.4) is 0 Å². The molecular weight excluding hydrogens is 435 g/mol. The molecule has 0 radical (unpaired) electrons. The standard InChI is InChI=1S/C23H18BrFN2O2/c1-15-2-6-17(7-3-15)22(28)27-21(14-16-4-8-18(24)9-5-16)23(29)26-20-12-10-19(25)11-13-20/h2-14H,1H3,(H,26,29)(H,27,28)/b21-14+. The maximum atomic E-state index is 13.1. The predicted octanol–water partition coefficient (Wildman–Crippen LogP) is 5.31. The van der Waals surface area contributed by atoms with Crippen molar-refractivity contribution in [1.29, 1.82) is 0 Å². The van der Waals surface area contributed by atoms with Gasteiger partial charge in [-0.3, -0.25) is 9.59 Å². The van der Waals surface area contributed by atoms with Crippen LogP contribution in [0.4, 0.5) is 10.1 Å². The van der Waals surface area contributed by atoms with Gasteiger partial charge < -0.3 is 10.6 Å². The molecule has 0 bridgehead atoms. The third-order valence-electron chi connectivity index (χ3n) is 4.09. The number of nitrogens with one attached hydrogen (secondary N) is 2. The van der Waals surface area contributed by atoms with Crippen LogP contribution >= 0.6 is 15.9 Å². The molecule has 2 N–H and O–H groups in total. The van der Waals surface area contributed by atoms with Crippen LogP contribution in [0.2, 0.25) is 0 Å². The third-order valence-corrected chi connectivity index (χ3v) is 4.62. The van der Waals surface area contributed by atoms with Crippen LogP contribution in [0.5, 0.6) is 0 Å².